The number of hydrogen-bond donors (Lipinski definition) is 1. The Balaban J connectivity index is 1.42. The molecule has 38 heavy (non-hydrogen) atoms. The summed E-state index contributed by atoms with van der Waals surface area (Å²) in [5.41, 5.74) is 7.88. The summed E-state index contributed by atoms with van der Waals surface area (Å²) in [6.45, 7) is 7.53. The number of amides is 4. The predicted octanol–water partition coefficient (Wildman–Crippen LogP) is 4.06. The average molecular weight is 544 g/mol. The Kier molecular flexibility index (Phi) is 8.92. The fraction of sp³-hybridized carbons (Fsp3) is 0.643. The van der Waals surface area contributed by atoms with Gasteiger partial charge < -0.3 is 20.1 Å². The van der Waals surface area contributed by atoms with Crippen LogP contribution in [0.3, 0.4) is 0 Å². The summed E-state index contributed by atoms with van der Waals surface area (Å²) in [6, 6.07) is 6.10. The molecule has 2 fully saturated rings. The zero-order valence-electron chi connectivity index (χ0n) is 22.9. The number of primary amides is 1. The molecule has 9 nitrogen and oxygen atoms in total. The van der Waals surface area contributed by atoms with E-state index in [-0.39, 0.29) is 42.9 Å². The summed E-state index contributed by atoms with van der Waals surface area (Å²) >= 11 is 0. The lowest BCUT2D eigenvalue weighted by molar-refractivity contribution is -0.158. The lowest BCUT2D eigenvalue weighted by atomic mass is 9.89. The molecule has 4 rings (SSSR count). The molecular weight excluding hydrogens is 502 g/mol. The van der Waals surface area contributed by atoms with Crippen LogP contribution in [0, 0.1) is 5.92 Å². The van der Waals surface area contributed by atoms with Crippen molar-refractivity contribution in [3.8, 4) is 0 Å². The Morgan fingerprint density at radius 3 is 2.58 bits per heavy atom. The topological polar surface area (TPSA) is 119 Å². The minimum atomic E-state index is -1.28. The molecule has 2 heterocycles. The van der Waals surface area contributed by atoms with Gasteiger partial charge in [-0.3, -0.25) is 19.3 Å². The second-order valence-corrected chi connectivity index (χ2v) is 17.7. The number of piperidine rings is 1. The van der Waals surface area contributed by atoms with Crippen molar-refractivity contribution in [2.24, 2.45) is 11.7 Å². The lowest BCUT2D eigenvalue weighted by Gasteiger charge is -2.35. The Hall–Kier alpha value is -2.72. The molecule has 208 valence electrons. The lowest BCUT2D eigenvalue weighted by Crippen LogP contribution is -2.55. The molecule has 2 aliphatic heterocycles. The minimum Gasteiger partial charge on any atom is -0.446 e. The molecule has 0 spiro atoms. The third-order valence-corrected chi connectivity index (χ3v) is 9.64. The molecule has 3 aliphatic rings. The molecule has 4 amide bonds. The van der Waals surface area contributed by atoms with Crippen LogP contribution in [0.15, 0.2) is 18.2 Å². The number of imide groups is 1. The fourth-order valence-electron chi connectivity index (χ4n) is 5.75. The standard InChI is InChI=1S/C28H41N3O6Si/c1-38(2,3)14-13-36-18-31-25(32)12-11-23(27(31)34)30-17-21-16-19(9-10-22(21)26(30)33)15-20-7-5-4-6-8-24(20)37-28(29)35/h9-10,16,20,23-24H,4-8,11-15,17-18H2,1-3H3,(H2,29,35)/t20-,23?,24+/m1/s1. The maximum atomic E-state index is 13.3. The van der Waals surface area contributed by atoms with Gasteiger partial charge in [-0.2, -0.15) is 0 Å². The molecule has 0 radical (unpaired) electrons. The smallest absolute Gasteiger partial charge is 0.404 e. The SMILES string of the molecule is C[Si](C)(C)CCOCN1C(=O)CCC(N2Cc3cc(C[C@H]4CCCCC[C@@H]4OC(N)=O)ccc3C2=O)C1=O. The Morgan fingerprint density at radius 1 is 1.08 bits per heavy atom. The minimum absolute atomic E-state index is 0.0618. The first kappa shape index (κ1) is 28.3. The van der Waals surface area contributed by atoms with E-state index in [2.05, 4.69) is 19.6 Å². The van der Waals surface area contributed by atoms with Crippen LogP contribution in [0.25, 0.3) is 0 Å². The molecule has 3 atom stereocenters. The van der Waals surface area contributed by atoms with E-state index in [0.717, 1.165) is 55.7 Å². The van der Waals surface area contributed by atoms with Gasteiger partial charge in [0.05, 0.1) is 0 Å². The molecule has 2 N–H and O–H groups in total. The van der Waals surface area contributed by atoms with Gasteiger partial charge in [-0.25, -0.2) is 4.79 Å². The van der Waals surface area contributed by atoms with Crippen molar-refractivity contribution in [1.82, 2.24) is 9.80 Å². The Bertz CT molecular complexity index is 1070. The maximum Gasteiger partial charge on any atom is 0.404 e. The molecule has 1 saturated carbocycles. The van der Waals surface area contributed by atoms with Crippen LogP contribution in [0.2, 0.25) is 25.7 Å². The second-order valence-electron chi connectivity index (χ2n) is 12.1. The molecule has 1 aromatic carbocycles. The highest BCUT2D eigenvalue weighted by atomic mass is 28.3. The van der Waals surface area contributed by atoms with Crippen LogP contribution in [0.5, 0.6) is 0 Å². The number of nitrogens with zero attached hydrogens (tertiary/aromatic N) is 2. The summed E-state index contributed by atoms with van der Waals surface area (Å²) in [5.74, 6) is -0.609. The molecule has 1 unspecified atom stereocenters. The van der Waals surface area contributed by atoms with E-state index in [1.54, 1.807) is 4.90 Å². The number of carbonyl (C=O) groups excluding carboxylic acids is 4. The van der Waals surface area contributed by atoms with Gasteiger partial charge >= 0.3 is 6.09 Å². The number of hydrogen-bond acceptors (Lipinski definition) is 6. The number of benzene rings is 1. The first-order valence-electron chi connectivity index (χ1n) is 13.8. The molecule has 1 aliphatic carbocycles. The number of likely N-dealkylation sites (tertiary alicyclic amines) is 1. The van der Waals surface area contributed by atoms with E-state index >= 15 is 0 Å². The van der Waals surface area contributed by atoms with E-state index < -0.39 is 20.2 Å². The predicted molar refractivity (Wildman–Crippen MR) is 145 cm³/mol. The van der Waals surface area contributed by atoms with E-state index in [1.165, 1.54) is 4.90 Å². The van der Waals surface area contributed by atoms with E-state index in [0.29, 0.717) is 25.1 Å². The van der Waals surface area contributed by atoms with Crippen molar-refractivity contribution in [3.63, 3.8) is 0 Å². The molecule has 0 aromatic heterocycles. The highest BCUT2D eigenvalue weighted by molar-refractivity contribution is 6.76. The first-order valence-corrected chi connectivity index (χ1v) is 17.5. The third-order valence-electron chi connectivity index (χ3n) is 7.93. The van der Waals surface area contributed by atoms with Gasteiger partial charge in [-0.1, -0.05) is 44.6 Å². The largest absolute Gasteiger partial charge is 0.446 e. The molecular formula is C28H41N3O6Si. The Morgan fingerprint density at radius 2 is 1.84 bits per heavy atom. The summed E-state index contributed by atoms with van der Waals surface area (Å²) in [6.07, 6.45) is 5.32. The molecule has 10 heteroatoms. The van der Waals surface area contributed by atoms with Crippen molar-refractivity contribution < 1.29 is 28.7 Å². The normalized spacial score (nSPS) is 24.4. The Labute approximate surface area is 226 Å². The van der Waals surface area contributed by atoms with Gasteiger partial charge in [0.25, 0.3) is 11.8 Å². The monoisotopic (exact) mass is 543 g/mol. The van der Waals surface area contributed by atoms with Crippen molar-refractivity contribution in [1.29, 1.82) is 0 Å². The van der Waals surface area contributed by atoms with Gasteiger partial charge in [0.15, 0.2) is 0 Å². The number of fused-ring (bicyclic) bond motifs is 1. The van der Waals surface area contributed by atoms with Crippen LogP contribution in [-0.4, -0.2) is 67.2 Å². The van der Waals surface area contributed by atoms with Crippen molar-refractivity contribution in [3.05, 3.63) is 34.9 Å². The zero-order valence-corrected chi connectivity index (χ0v) is 23.9. The molecule has 1 aromatic rings. The van der Waals surface area contributed by atoms with Crippen molar-refractivity contribution in [2.75, 3.05) is 13.3 Å². The number of nitrogens with two attached hydrogens (primary N) is 1. The van der Waals surface area contributed by atoms with Gasteiger partial charge in [0, 0.05) is 39.1 Å². The van der Waals surface area contributed by atoms with Gasteiger partial charge in [0.2, 0.25) is 5.91 Å². The number of ether oxygens (including phenoxy) is 2. The van der Waals surface area contributed by atoms with Gasteiger partial charge in [-0.05, 0) is 55.3 Å². The quantitative estimate of drug-likeness (QED) is 0.217. The number of carbonyl (C=O) groups is 4. The third kappa shape index (κ3) is 6.82. The van der Waals surface area contributed by atoms with Crippen LogP contribution >= 0.6 is 0 Å². The molecule has 1 saturated heterocycles. The van der Waals surface area contributed by atoms with E-state index in [1.807, 2.05) is 18.2 Å². The van der Waals surface area contributed by atoms with Crippen LogP contribution < -0.4 is 5.73 Å². The van der Waals surface area contributed by atoms with Crippen LogP contribution in [-0.2, 0) is 32.0 Å². The van der Waals surface area contributed by atoms with Gasteiger partial charge in [-0.15, -0.1) is 0 Å². The summed E-state index contributed by atoms with van der Waals surface area (Å²) in [5, 5.41) is 0. The van der Waals surface area contributed by atoms with Crippen LogP contribution in [0.4, 0.5) is 4.79 Å². The van der Waals surface area contributed by atoms with Crippen molar-refractivity contribution >= 4 is 31.9 Å². The van der Waals surface area contributed by atoms with Crippen LogP contribution in [0.1, 0.15) is 66.4 Å². The summed E-state index contributed by atoms with van der Waals surface area (Å²) < 4.78 is 11.1. The summed E-state index contributed by atoms with van der Waals surface area (Å²) in [7, 11) is -1.28. The number of rotatable bonds is 9. The average Bonchev–Trinajstić information content (AvgIpc) is 3.00. The van der Waals surface area contributed by atoms with Crippen molar-refractivity contribution in [2.45, 2.75) is 95.7 Å². The highest BCUT2D eigenvalue weighted by Gasteiger charge is 2.43. The van der Waals surface area contributed by atoms with E-state index in [9.17, 15) is 19.2 Å². The summed E-state index contributed by atoms with van der Waals surface area (Å²) in [4.78, 5) is 53.3. The first-order chi connectivity index (χ1) is 18.0. The van der Waals surface area contributed by atoms with E-state index in [4.69, 9.17) is 15.2 Å². The fourth-order valence-corrected chi connectivity index (χ4v) is 6.50. The molecule has 0 bridgehead atoms. The highest BCUT2D eigenvalue weighted by Crippen LogP contribution is 2.33. The maximum absolute atomic E-state index is 13.3. The van der Waals surface area contributed by atoms with Gasteiger partial charge in [0.1, 0.15) is 18.9 Å². The zero-order chi connectivity index (χ0) is 27.4. The second kappa shape index (κ2) is 12.0.